The zero-order chi connectivity index (χ0) is 18.1. The first-order valence-electron chi connectivity index (χ1n) is 7.63. The first-order valence-corrected chi connectivity index (χ1v) is 7.63. The molecule has 0 spiro atoms. The van der Waals surface area contributed by atoms with Gasteiger partial charge in [0.1, 0.15) is 0 Å². The quantitative estimate of drug-likeness (QED) is 0.453. The maximum Gasteiger partial charge on any atom is 0.221 e. The summed E-state index contributed by atoms with van der Waals surface area (Å²) in [4.78, 5) is 31.3. The summed E-state index contributed by atoms with van der Waals surface area (Å²) < 4.78 is 10.1. The van der Waals surface area contributed by atoms with Gasteiger partial charge >= 0.3 is 0 Å². The van der Waals surface area contributed by atoms with E-state index in [1.807, 2.05) is 0 Å². The van der Waals surface area contributed by atoms with Crippen molar-refractivity contribution in [1.29, 1.82) is 5.41 Å². The zero-order valence-electron chi connectivity index (χ0n) is 14.1. The molecule has 1 amide bonds. The SMILES string of the molecule is C.C.COC(CC(=O)c1cc2cnc3c(=N)cc(NC(C)=O)c([nH]1)c23)OC. The third kappa shape index (κ3) is 4.12. The van der Waals surface area contributed by atoms with Crippen molar-refractivity contribution >= 4 is 39.2 Å². The Hall–Kier alpha value is -2.84. The van der Waals surface area contributed by atoms with Gasteiger partial charge in [0.2, 0.25) is 5.91 Å². The number of rotatable bonds is 6. The van der Waals surface area contributed by atoms with Crippen molar-refractivity contribution in [2.75, 3.05) is 19.5 Å². The monoisotopic (exact) mass is 374 g/mol. The molecule has 146 valence electrons. The van der Waals surface area contributed by atoms with Crippen LogP contribution in [0.25, 0.3) is 21.8 Å². The smallest absolute Gasteiger partial charge is 0.221 e. The number of aromatic amines is 1. The molecule has 8 nitrogen and oxygen atoms in total. The van der Waals surface area contributed by atoms with E-state index in [-0.39, 0.29) is 38.3 Å². The maximum absolute atomic E-state index is 12.5. The van der Waals surface area contributed by atoms with Crippen LogP contribution in [-0.2, 0) is 14.3 Å². The fourth-order valence-electron chi connectivity index (χ4n) is 2.81. The Morgan fingerprint density at radius 1 is 1.26 bits per heavy atom. The van der Waals surface area contributed by atoms with Crippen molar-refractivity contribution in [3.05, 3.63) is 29.4 Å². The molecule has 0 aliphatic heterocycles. The lowest BCUT2D eigenvalue weighted by atomic mass is 10.1. The second-order valence-corrected chi connectivity index (χ2v) is 5.68. The van der Waals surface area contributed by atoms with Gasteiger partial charge in [0.05, 0.1) is 34.2 Å². The molecule has 0 radical (unpaired) electrons. The highest BCUT2D eigenvalue weighted by atomic mass is 16.7. The van der Waals surface area contributed by atoms with Crippen molar-refractivity contribution in [1.82, 2.24) is 9.97 Å². The number of Topliss-reactive ketones (excluding diaryl/α,β-unsaturated/α-hetero) is 1. The maximum atomic E-state index is 12.5. The lowest BCUT2D eigenvalue weighted by molar-refractivity contribution is -0.114. The highest BCUT2D eigenvalue weighted by Crippen LogP contribution is 2.29. The molecule has 2 aromatic heterocycles. The topological polar surface area (TPSA) is 117 Å². The summed E-state index contributed by atoms with van der Waals surface area (Å²) in [6.45, 7) is 1.39. The molecule has 0 unspecified atom stereocenters. The van der Waals surface area contributed by atoms with Gasteiger partial charge in [-0.25, -0.2) is 0 Å². The van der Waals surface area contributed by atoms with E-state index >= 15 is 0 Å². The van der Waals surface area contributed by atoms with E-state index in [0.29, 0.717) is 27.8 Å². The van der Waals surface area contributed by atoms with Crippen LogP contribution < -0.4 is 10.7 Å². The Morgan fingerprint density at radius 3 is 2.52 bits per heavy atom. The third-order valence-corrected chi connectivity index (χ3v) is 3.97. The lowest BCUT2D eigenvalue weighted by Crippen LogP contribution is -2.19. The molecule has 0 fully saturated rings. The number of carbonyl (C=O) groups excluding carboxylic acids is 2. The predicted octanol–water partition coefficient (Wildman–Crippen LogP) is 3.06. The van der Waals surface area contributed by atoms with Gasteiger partial charge in [0.15, 0.2) is 12.1 Å². The number of H-pyrrole nitrogens is 1. The van der Waals surface area contributed by atoms with Crippen LogP contribution in [0.5, 0.6) is 0 Å². The van der Waals surface area contributed by atoms with Crippen molar-refractivity contribution in [2.45, 2.75) is 34.5 Å². The molecular formula is C19H26N4O4. The normalized spacial score (nSPS) is 10.7. The van der Waals surface area contributed by atoms with E-state index in [4.69, 9.17) is 14.9 Å². The minimum Gasteiger partial charge on any atom is -0.355 e. The van der Waals surface area contributed by atoms with Crippen LogP contribution in [0, 0.1) is 5.41 Å². The number of nitrogens with one attached hydrogen (secondary N) is 3. The summed E-state index contributed by atoms with van der Waals surface area (Å²) in [5.74, 6) is -0.462. The Kier molecular flexibility index (Phi) is 7.15. The Balaban J connectivity index is 0.00000182. The van der Waals surface area contributed by atoms with E-state index in [2.05, 4.69) is 15.3 Å². The van der Waals surface area contributed by atoms with Gasteiger partial charge in [-0.05, 0) is 12.1 Å². The Labute approximate surface area is 157 Å². The van der Waals surface area contributed by atoms with Gasteiger partial charge in [0.25, 0.3) is 0 Å². The molecule has 3 aromatic rings. The summed E-state index contributed by atoms with van der Waals surface area (Å²) >= 11 is 0. The van der Waals surface area contributed by atoms with Crippen LogP contribution in [0.2, 0.25) is 0 Å². The number of hydrogen-bond donors (Lipinski definition) is 3. The summed E-state index contributed by atoms with van der Waals surface area (Å²) in [7, 11) is 2.93. The van der Waals surface area contributed by atoms with Gasteiger partial charge in [-0.2, -0.15) is 0 Å². The molecule has 0 bridgehead atoms. The van der Waals surface area contributed by atoms with Crippen LogP contribution in [0.3, 0.4) is 0 Å². The number of methoxy groups -OCH3 is 2. The number of amides is 1. The van der Waals surface area contributed by atoms with Gasteiger partial charge in [-0.3, -0.25) is 20.0 Å². The van der Waals surface area contributed by atoms with Crippen molar-refractivity contribution < 1.29 is 19.1 Å². The first kappa shape index (κ1) is 22.2. The van der Waals surface area contributed by atoms with Crippen molar-refractivity contribution in [3.8, 4) is 0 Å². The first-order chi connectivity index (χ1) is 11.9. The molecule has 3 rings (SSSR count). The molecule has 0 aliphatic rings. The average molecular weight is 374 g/mol. The Morgan fingerprint density at radius 2 is 1.93 bits per heavy atom. The van der Waals surface area contributed by atoms with Crippen LogP contribution in [0.1, 0.15) is 38.7 Å². The number of aromatic nitrogens is 2. The molecule has 1 aromatic carbocycles. The molecule has 3 N–H and O–H groups in total. The second kappa shape index (κ2) is 8.70. The molecule has 8 heteroatoms. The number of hydrogen-bond acceptors (Lipinski definition) is 6. The van der Waals surface area contributed by atoms with Crippen molar-refractivity contribution in [2.24, 2.45) is 0 Å². The highest BCUT2D eigenvalue weighted by Gasteiger charge is 2.19. The number of ether oxygens (including phenoxy) is 2. The van der Waals surface area contributed by atoms with Crippen LogP contribution >= 0.6 is 0 Å². The van der Waals surface area contributed by atoms with Crippen LogP contribution in [0.15, 0.2) is 18.3 Å². The zero-order valence-corrected chi connectivity index (χ0v) is 14.1. The molecule has 2 heterocycles. The molecule has 0 atom stereocenters. The van der Waals surface area contributed by atoms with Crippen molar-refractivity contribution in [3.63, 3.8) is 0 Å². The van der Waals surface area contributed by atoms with E-state index in [9.17, 15) is 9.59 Å². The molecule has 27 heavy (non-hydrogen) atoms. The largest absolute Gasteiger partial charge is 0.355 e. The van der Waals surface area contributed by atoms with Crippen LogP contribution in [0.4, 0.5) is 5.69 Å². The summed E-state index contributed by atoms with van der Waals surface area (Å²) in [5.41, 5.74) is 1.87. The predicted molar refractivity (Wildman–Crippen MR) is 105 cm³/mol. The number of carbonyl (C=O) groups is 2. The van der Waals surface area contributed by atoms with Crippen LogP contribution in [-0.4, -0.2) is 42.2 Å². The molecule has 0 aliphatic carbocycles. The fraction of sp³-hybridized carbons (Fsp3) is 0.368. The van der Waals surface area contributed by atoms with Gasteiger partial charge in [0, 0.05) is 38.1 Å². The number of anilines is 1. The molecule has 0 saturated heterocycles. The molecule has 0 saturated carbocycles. The summed E-state index contributed by atoms with van der Waals surface area (Å²) in [6.07, 6.45) is 1.02. The highest BCUT2D eigenvalue weighted by molar-refractivity contribution is 6.15. The van der Waals surface area contributed by atoms with E-state index < -0.39 is 6.29 Å². The number of nitrogens with zero attached hydrogens (tertiary/aromatic N) is 1. The lowest BCUT2D eigenvalue weighted by Gasteiger charge is -2.13. The van der Waals surface area contributed by atoms with Gasteiger partial charge in [-0.1, -0.05) is 14.9 Å². The van der Waals surface area contributed by atoms with E-state index in [1.165, 1.54) is 27.2 Å². The minimum atomic E-state index is -0.639. The second-order valence-electron chi connectivity index (χ2n) is 5.68. The number of benzene rings is 1. The standard InChI is InChI=1S/C17H18N4O4.2CH4/c1-8(22)20-12-5-10(18)16-15-9(7-19-16)4-11(21-17(12)15)13(23)6-14(24-2)25-3;;/h4-5,7,14,18,21H,6H2,1-3H3,(H,20,22);2*1H4. The van der Waals surface area contributed by atoms with E-state index in [1.54, 1.807) is 12.3 Å². The summed E-state index contributed by atoms with van der Waals surface area (Å²) in [5, 5.41) is 12.4. The number of pyridine rings is 1. The fourth-order valence-corrected chi connectivity index (χ4v) is 2.81. The Bertz CT molecular complexity index is 1010. The minimum absolute atomic E-state index is 0. The average Bonchev–Trinajstić information content (AvgIpc) is 3.01. The molecular weight excluding hydrogens is 348 g/mol. The summed E-state index contributed by atoms with van der Waals surface area (Å²) in [6, 6.07) is 3.20. The number of ketones is 1. The third-order valence-electron chi connectivity index (χ3n) is 3.97. The van der Waals surface area contributed by atoms with Gasteiger partial charge in [-0.15, -0.1) is 0 Å². The van der Waals surface area contributed by atoms with E-state index in [0.717, 1.165) is 5.39 Å². The van der Waals surface area contributed by atoms with Gasteiger partial charge < -0.3 is 19.8 Å².